The third kappa shape index (κ3) is 5.08. The smallest absolute Gasteiger partial charge is 0.239 e. The minimum atomic E-state index is -0.447. The number of hydrogen-bond donors (Lipinski definition) is 2. The second-order valence-corrected chi connectivity index (χ2v) is 6.11. The molecule has 0 aliphatic rings. The Kier molecular flexibility index (Phi) is 6.11. The van der Waals surface area contributed by atoms with E-state index in [9.17, 15) is 4.79 Å². The first-order valence-corrected chi connectivity index (χ1v) is 7.99. The van der Waals surface area contributed by atoms with Gasteiger partial charge in [0.25, 0.3) is 0 Å². The van der Waals surface area contributed by atoms with Crippen LogP contribution in [0.15, 0.2) is 59.5 Å². The Hall–Kier alpha value is -1.49. The van der Waals surface area contributed by atoms with Gasteiger partial charge in [0, 0.05) is 22.2 Å². The Balaban J connectivity index is 1.83. The summed E-state index contributed by atoms with van der Waals surface area (Å²) in [6.45, 7) is 0.690. The molecule has 0 heterocycles. The third-order valence-corrected chi connectivity index (χ3v) is 4.22. The zero-order valence-corrected chi connectivity index (χ0v) is 13.0. The third-order valence-electron chi connectivity index (χ3n) is 2.95. The van der Waals surface area contributed by atoms with Crippen molar-refractivity contribution in [2.75, 3.05) is 12.3 Å². The Labute approximate surface area is 133 Å². The fourth-order valence-corrected chi connectivity index (χ4v) is 2.84. The normalized spacial score (nSPS) is 12.0. The summed E-state index contributed by atoms with van der Waals surface area (Å²) < 4.78 is 0. The van der Waals surface area contributed by atoms with Crippen LogP contribution in [-0.2, 0) is 4.79 Å². The molecule has 2 aromatic rings. The molecule has 1 unspecified atom stereocenters. The van der Waals surface area contributed by atoms with Gasteiger partial charge in [0.1, 0.15) is 6.04 Å². The molecule has 110 valence electrons. The highest BCUT2D eigenvalue weighted by atomic mass is 35.5. The number of thioether (sulfide) groups is 1. The lowest BCUT2D eigenvalue weighted by atomic mass is 10.1. The molecule has 0 radical (unpaired) electrons. The highest BCUT2D eigenvalue weighted by molar-refractivity contribution is 7.99. The zero-order valence-electron chi connectivity index (χ0n) is 11.5. The largest absolute Gasteiger partial charge is 0.368 e. The minimum Gasteiger partial charge on any atom is -0.368 e. The molecule has 0 saturated heterocycles. The second-order valence-electron chi connectivity index (χ2n) is 4.50. The minimum absolute atomic E-state index is 0.363. The summed E-state index contributed by atoms with van der Waals surface area (Å²) in [6, 6.07) is 16.8. The van der Waals surface area contributed by atoms with Crippen molar-refractivity contribution in [2.24, 2.45) is 5.73 Å². The molecule has 0 bridgehead atoms. The maximum atomic E-state index is 11.5. The zero-order chi connectivity index (χ0) is 15.1. The van der Waals surface area contributed by atoms with E-state index in [4.69, 9.17) is 17.3 Å². The lowest BCUT2D eigenvalue weighted by molar-refractivity contribution is -0.120. The molecule has 2 rings (SSSR count). The van der Waals surface area contributed by atoms with Gasteiger partial charge in [-0.1, -0.05) is 41.9 Å². The van der Waals surface area contributed by atoms with E-state index in [2.05, 4.69) is 5.32 Å². The average Bonchev–Trinajstić information content (AvgIpc) is 2.49. The van der Waals surface area contributed by atoms with Crippen molar-refractivity contribution in [1.82, 2.24) is 5.32 Å². The van der Waals surface area contributed by atoms with Crippen LogP contribution in [0.25, 0.3) is 0 Å². The number of rotatable bonds is 7. The summed E-state index contributed by atoms with van der Waals surface area (Å²) >= 11 is 7.55. The summed E-state index contributed by atoms with van der Waals surface area (Å²) in [5, 5.41) is 3.93. The van der Waals surface area contributed by atoms with E-state index in [1.54, 1.807) is 11.8 Å². The van der Waals surface area contributed by atoms with Crippen LogP contribution in [0.4, 0.5) is 0 Å². The molecule has 0 fully saturated rings. The van der Waals surface area contributed by atoms with E-state index >= 15 is 0 Å². The van der Waals surface area contributed by atoms with Crippen molar-refractivity contribution < 1.29 is 4.79 Å². The SMILES string of the molecule is NC(=O)C(NCCSc1ccc(Cl)cc1)c1ccccc1. The van der Waals surface area contributed by atoms with E-state index in [0.29, 0.717) is 6.54 Å². The van der Waals surface area contributed by atoms with Crippen LogP contribution in [0.1, 0.15) is 11.6 Å². The highest BCUT2D eigenvalue weighted by Gasteiger charge is 2.16. The topological polar surface area (TPSA) is 55.1 Å². The van der Waals surface area contributed by atoms with E-state index in [0.717, 1.165) is 21.2 Å². The molecular weight excluding hydrogens is 304 g/mol. The fourth-order valence-electron chi connectivity index (χ4n) is 1.93. The fraction of sp³-hybridized carbons (Fsp3) is 0.188. The first-order chi connectivity index (χ1) is 10.2. The molecule has 0 saturated carbocycles. The number of primary amides is 1. The lowest BCUT2D eigenvalue weighted by Crippen LogP contribution is -2.34. The van der Waals surface area contributed by atoms with Crippen LogP contribution in [0.5, 0.6) is 0 Å². The van der Waals surface area contributed by atoms with Gasteiger partial charge in [0.2, 0.25) is 5.91 Å². The van der Waals surface area contributed by atoms with Gasteiger partial charge in [0.05, 0.1) is 0 Å². The Morgan fingerprint density at radius 3 is 2.43 bits per heavy atom. The van der Waals surface area contributed by atoms with Crippen LogP contribution in [-0.4, -0.2) is 18.2 Å². The van der Waals surface area contributed by atoms with Gasteiger partial charge >= 0.3 is 0 Å². The van der Waals surface area contributed by atoms with Crippen molar-refractivity contribution in [2.45, 2.75) is 10.9 Å². The summed E-state index contributed by atoms with van der Waals surface area (Å²) in [6.07, 6.45) is 0. The molecule has 3 N–H and O–H groups in total. The molecule has 3 nitrogen and oxygen atoms in total. The predicted octanol–water partition coefficient (Wildman–Crippen LogP) is 3.25. The first kappa shape index (κ1) is 15.9. The van der Waals surface area contributed by atoms with Crippen LogP contribution in [0, 0.1) is 0 Å². The quantitative estimate of drug-likeness (QED) is 0.608. The molecule has 2 aromatic carbocycles. The van der Waals surface area contributed by atoms with Crippen molar-refractivity contribution in [1.29, 1.82) is 0 Å². The van der Waals surface area contributed by atoms with E-state index < -0.39 is 6.04 Å². The molecule has 5 heteroatoms. The molecule has 0 aromatic heterocycles. The molecule has 1 atom stereocenters. The number of halogens is 1. The number of carbonyl (C=O) groups is 1. The maximum Gasteiger partial charge on any atom is 0.239 e. The summed E-state index contributed by atoms with van der Waals surface area (Å²) in [4.78, 5) is 12.7. The van der Waals surface area contributed by atoms with Crippen LogP contribution in [0.2, 0.25) is 5.02 Å². The molecule has 21 heavy (non-hydrogen) atoms. The first-order valence-electron chi connectivity index (χ1n) is 6.63. The van der Waals surface area contributed by atoms with Gasteiger partial charge in [-0.05, 0) is 29.8 Å². The highest BCUT2D eigenvalue weighted by Crippen LogP contribution is 2.20. The number of nitrogens with one attached hydrogen (secondary N) is 1. The maximum absolute atomic E-state index is 11.5. The van der Waals surface area contributed by atoms with Gasteiger partial charge < -0.3 is 11.1 Å². The number of hydrogen-bond acceptors (Lipinski definition) is 3. The van der Waals surface area contributed by atoms with Crippen LogP contribution >= 0.6 is 23.4 Å². The number of carbonyl (C=O) groups excluding carboxylic acids is 1. The monoisotopic (exact) mass is 320 g/mol. The van der Waals surface area contributed by atoms with E-state index in [-0.39, 0.29) is 5.91 Å². The van der Waals surface area contributed by atoms with Gasteiger partial charge in [-0.25, -0.2) is 0 Å². The Morgan fingerprint density at radius 2 is 1.81 bits per heavy atom. The van der Waals surface area contributed by atoms with Gasteiger partial charge in [0.15, 0.2) is 0 Å². The van der Waals surface area contributed by atoms with Gasteiger partial charge in [-0.2, -0.15) is 0 Å². The van der Waals surface area contributed by atoms with Crippen molar-refractivity contribution in [3.63, 3.8) is 0 Å². The molecular formula is C16H17ClN2OS. The predicted molar refractivity (Wildman–Crippen MR) is 88.6 cm³/mol. The lowest BCUT2D eigenvalue weighted by Gasteiger charge is -2.15. The van der Waals surface area contributed by atoms with Crippen molar-refractivity contribution >= 4 is 29.3 Å². The number of nitrogens with two attached hydrogens (primary N) is 1. The molecule has 1 amide bonds. The van der Waals surface area contributed by atoms with Crippen molar-refractivity contribution in [3.05, 3.63) is 65.2 Å². The van der Waals surface area contributed by atoms with E-state index in [1.165, 1.54) is 0 Å². The Morgan fingerprint density at radius 1 is 1.14 bits per heavy atom. The van der Waals surface area contributed by atoms with Gasteiger partial charge in [-0.15, -0.1) is 11.8 Å². The number of amides is 1. The standard InChI is InChI=1S/C16H17ClN2OS/c17-13-6-8-14(9-7-13)21-11-10-19-15(16(18)20)12-4-2-1-3-5-12/h1-9,15,19H,10-11H2,(H2,18,20). The van der Waals surface area contributed by atoms with Crippen molar-refractivity contribution in [3.8, 4) is 0 Å². The molecule has 0 spiro atoms. The number of benzene rings is 2. The van der Waals surface area contributed by atoms with Gasteiger partial charge in [-0.3, -0.25) is 4.79 Å². The molecule has 0 aliphatic heterocycles. The summed E-state index contributed by atoms with van der Waals surface area (Å²) in [5.41, 5.74) is 6.35. The van der Waals surface area contributed by atoms with E-state index in [1.807, 2.05) is 54.6 Å². The van der Waals surface area contributed by atoms with Crippen LogP contribution < -0.4 is 11.1 Å². The second kappa shape index (κ2) is 8.08. The summed E-state index contributed by atoms with van der Waals surface area (Å²) in [5.74, 6) is 0.482. The Bertz CT molecular complexity index is 575. The molecule has 0 aliphatic carbocycles. The average molecular weight is 321 g/mol. The van der Waals surface area contributed by atoms with Crippen LogP contribution in [0.3, 0.4) is 0 Å². The summed E-state index contributed by atoms with van der Waals surface area (Å²) in [7, 11) is 0.